The van der Waals surface area contributed by atoms with Gasteiger partial charge in [0.25, 0.3) is 0 Å². The number of hydrogen-bond acceptors (Lipinski definition) is 5. The fourth-order valence-electron chi connectivity index (χ4n) is 2.33. The molecular formula is C12H14FN5O3. The van der Waals surface area contributed by atoms with Crippen LogP contribution < -0.4 is 10.1 Å². The third-order valence-electron chi connectivity index (χ3n) is 3.37. The zero-order valence-corrected chi connectivity index (χ0v) is 11.2. The van der Waals surface area contributed by atoms with Crippen molar-refractivity contribution in [1.82, 2.24) is 25.1 Å². The maximum absolute atomic E-state index is 12.7. The van der Waals surface area contributed by atoms with E-state index < -0.39 is 5.82 Å². The quantitative estimate of drug-likeness (QED) is 0.843. The van der Waals surface area contributed by atoms with Crippen molar-refractivity contribution in [2.24, 2.45) is 0 Å². The highest BCUT2D eigenvalue weighted by atomic mass is 19.1. The molecule has 2 aliphatic rings. The molecule has 1 N–H and O–H groups in total. The zero-order chi connectivity index (χ0) is 14.8. The highest BCUT2D eigenvalue weighted by Gasteiger charge is 2.35. The van der Waals surface area contributed by atoms with Gasteiger partial charge in [0.05, 0.1) is 18.9 Å². The van der Waals surface area contributed by atoms with Crippen LogP contribution in [0.4, 0.5) is 14.0 Å². The molecule has 0 bridgehead atoms. The fraction of sp³-hybridized carbons (Fsp3) is 0.500. The number of likely N-dealkylation sites (tertiary alicyclic amines) is 1. The van der Waals surface area contributed by atoms with Gasteiger partial charge in [-0.3, -0.25) is 0 Å². The highest BCUT2D eigenvalue weighted by Crippen LogP contribution is 2.17. The van der Waals surface area contributed by atoms with Crippen molar-refractivity contribution in [3.63, 3.8) is 0 Å². The average Bonchev–Trinajstić information content (AvgIpc) is 3.10. The van der Waals surface area contributed by atoms with Crippen molar-refractivity contribution in [2.45, 2.75) is 12.5 Å². The summed E-state index contributed by atoms with van der Waals surface area (Å²) in [5.41, 5.74) is 0. The van der Waals surface area contributed by atoms with E-state index in [0.29, 0.717) is 32.6 Å². The largest absolute Gasteiger partial charge is 0.458 e. The molecule has 0 saturated carbocycles. The number of nitrogens with one attached hydrogen (secondary N) is 1. The van der Waals surface area contributed by atoms with Gasteiger partial charge in [-0.05, 0) is 0 Å². The van der Waals surface area contributed by atoms with Crippen LogP contribution in [0.1, 0.15) is 6.42 Å². The molecule has 0 aromatic carbocycles. The second-order valence-electron chi connectivity index (χ2n) is 4.82. The second kappa shape index (κ2) is 5.51. The predicted octanol–water partition coefficient (Wildman–Crippen LogP) is 0.214. The topological polar surface area (TPSA) is 87.7 Å². The molecule has 3 heterocycles. The van der Waals surface area contributed by atoms with Crippen LogP contribution >= 0.6 is 0 Å². The lowest BCUT2D eigenvalue weighted by molar-refractivity contribution is 0.158. The van der Waals surface area contributed by atoms with E-state index in [4.69, 9.17) is 4.74 Å². The zero-order valence-electron chi connectivity index (χ0n) is 11.2. The lowest BCUT2D eigenvalue weighted by Crippen LogP contribution is -2.44. The van der Waals surface area contributed by atoms with E-state index in [1.807, 2.05) is 0 Å². The summed E-state index contributed by atoms with van der Waals surface area (Å²) < 4.78 is 18.2. The van der Waals surface area contributed by atoms with Crippen molar-refractivity contribution >= 4 is 12.1 Å². The van der Waals surface area contributed by atoms with Crippen LogP contribution in [0.3, 0.4) is 0 Å². The summed E-state index contributed by atoms with van der Waals surface area (Å²) in [5, 5.41) is 2.58. The van der Waals surface area contributed by atoms with Crippen LogP contribution in [0.5, 0.6) is 6.01 Å². The Balaban J connectivity index is 1.56. The average molecular weight is 295 g/mol. The van der Waals surface area contributed by atoms with Crippen molar-refractivity contribution in [2.75, 3.05) is 26.2 Å². The van der Waals surface area contributed by atoms with Crippen LogP contribution in [0, 0.1) is 5.82 Å². The Morgan fingerprint density at radius 3 is 2.81 bits per heavy atom. The number of ether oxygens (including phenoxy) is 1. The number of imide groups is 1. The van der Waals surface area contributed by atoms with Gasteiger partial charge in [0.15, 0.2) is 5.82 Å². The Morgan fingerprint density at radius 2 is 2.14 bits per heavy atom. The smallest absolute Gasteiger partial charge is 0.328 e. The van der Waals surface area contributed by atoms with E-state index >= 15 is 0 Å². The molecule has 21 heavy (non-hydrogen) atoms. The minimum absolute atomic E-state index is 0.0783. The van der Waals surface area contributed by atoms with Gasteiger partial charge in [-0.25, -0.2) is 28.8 Å². The van der Waals surface area contributed by atoms with Gasteiger partial charge in [-0.15, -0.1) is 0 Å². The normalized spacial score (nSPS) is 21.6. The highest BCUT2D eigenvalue weighted by molar-refractivity contribution is 5.95. The number of aromatic nitrogens is 2. The summed E-state index contributed by atoms with van der Waals surface area (Å²) in [5.74, 6) is -0.536. The summed E-state index contributed by atoms with van der Waals surface area (Å²) in [6.07, 6.45) is 2.40. The number of carbonyl (C=O) groups is 2. The number of carbonyl (C=O) groups excluding carboxylic acids is 2. The molecule has 2 aliphatic heterocycles. The van der Waals surface area contributed by atoms with Crippen LogP contribution in [-0.2, 0) is 0 Å². The third-order valence-corrected chi connectivity index (χ3v) is 3.37. The van der Waals surface area contributed by atoms with E-state index in [2.05, 4.69) is 15.3 Å². The first-order chi connectivity index (χ1) is 10.1. The van der Waals surface area contributed by atoms with E-state index in [1.54, 1.807) is 4.90 Å². The minimum atomic E-state index is -0.536. The number of nitrogens with zero attached hydrogens (tertiary/aromatic N) is 4. The first kappa shape index (κ1) is 13.5. The summed E-state index contributed by atoms with van der Waals surface area (Å²) in [6.45, 7) is 1.69. The Kier molecular flexibility index (Phi) is 3.55. The molecule has 112 valence electrons. The molecule has 0 spiro atoms. The summed E-state index contributed by atoms with van der Waals surface area (Å²) in [4.78, 5) is 33.8. The van der Waals surface area contributed by atoms with E-state index in [0.717, 1.165) is 12.4 Å². The molecule has 1 aromatic rings. The van der Waals surface area contributed by atoms with Crippen molar-refractivity contribution in [3.05, 3.63) is 18.2 Å². The molecule has 1 atom stereocenters. The van der Waals surface area contributed by atoms with Crippen LogP contribution in [0.2, 0.25) is 0 Å². The molecule has 2 fully saturated rings. The number of rotatable bonds is 2. The molecule has 3 rings (SSSR count). The molecule has 0 unspecified atom stereocenters. The van der Waals surface area contributed by atoms with Crippen LogP contribution in [0.15, 0.2) is 12.4 Å². The first-order valence-corrected chi connectivity index (χ1v) is 6.62. The first-order valence-electron chi connectivity index (χ1n) is 6.62. The lowest BCUT2D eigenvalue weighted by Gasteiger charge is -2.21. The summed E-state index contributed by atoms with van der Waals surface area (Å²) in [6, 6.07) is -0.614. The van der Waals surface area contributed by atoms with E-state index in [-0.39, 0.29) is 24.2 Å². The minimum Gasteiger partial charge on any atom is -0.458 e. The van der Waals surface area contributed by atoms with Gasteiger partial charge in [-0.1, -0.05) is 0 Å². The molecule has 4 amide bonds. The fourth-order valence-corrected chi connectivity index (χ4v) is 2.33. The second-order valence-corrected chi connectivity index (χ2v) is 4.82. The Bertz CT molecular complexity index is 552. The number of urea groups is 2. The van der Waals surface area contributed by atoms with Crippen molar-refractivity contribution in [3.8, 4) is 6.01 Å². The van der Waals surface area contributed by atoms with Crippen molar-refractivity contribution in [1.29, 1.82) is 0 Å². The number of amides is 4. The Hall–Kier alpha value is -2.45. The molecule has 2 saturated heterocycles. The van der Waals surface area contributed by atoms with Gasteiger partial charge < -0.3 is 15.0 Å². The Labute approximate surface area is 119 Å². The maximum Gasteiger partial charge on any atom is 0.328 e. The Morgan fingerprint density at radius 1 is 1.38 bits per heavy atom. The molecule has 1 aromatic heterocycles. The molecular weight excluding hydrogens is 281 g/mol. The van der Waals surface area contributed by atoms with E-state index in [1.165, 1.54) is 4.90 Å². The predicted molar refractivity (Wildman–Crippen MR) is 68.1 cm³/mol. The van der Waals surface area contributed by atoms with E-state index in [9.17, 15) is 14.0 Å². The molecule has 8 nitrogen and oxygen atoms in total. The number of halogens is 1. The van der Waals surface area contributed by atoms with Crippen LogP contribution in [-0.4, -0.2) is 64.1 Å². The lowest BCUT2D eigenvalue weighted by atomic mass is 10.3. The number of hydrogen-bond donors (Lipinski definition) is 1. The monoisotopic (exact) mass is 295 g/mol. The molecule has 0 radical (unpaired) electrons. The summed E-state index contributed by atoms with van der Waals surface area (Å²) >= 11 is 0. The molecule has 0 aliphatic carbocycles. The van der Waals surface area contributed by atoms with Gasteiger partial charge in [-0.2, -0.15) is 0 Å². The summed E-state index contributed by atoms with van der Waals surface area (Å²) in [7, 11) is 0. The van der Waals surface area contributed by atoms with Crippen molar-refractivity contribution < 1.29 is 18.7 Å². The third kappa shape index (κ3) is 2.86. The van der Waals surface area contributed by atoms with Gasteiger partial charge in [0.2, 0.25) is 0 Å². The van der Waals surface area contributed by atoms with Gasteiger partial charge >= 0.3 is 18.1 Å². The SMILES string of the molecule is O=C1NCCN1C(=O)N1CC[C@H](Oc2ncc(F)cn2)C1. The standard InChI is InChI=1S/C12H14FN5O3/c13-8-5-15-10(16-6-8)21-9-1-3-17(7-9)12(20)18-4-2-14-11(18)19/h5-6,9H,1-4,7H2,(H,14,19)/t9-/m0/s1. The van der Waals surface area contributed by atoms with Crippen LogP contribution in [0.25, 0.3) is 0 Å². The van der Waals surface area contributed by atoms with Gasteiger partial charge in [0, 0.05) is 26.1 Å². The maximum atomic E-state index is 12.7. The molecule has 9 heteroatoms. The van der Waals surface area contributed by atoms with Gasteiger partial charge in [0.1, 0.15) is 6.10 Å².